The third kappa shape index (κ3) is 6.02. The highest BCUT2D eigenvalue weighted by Crippen LogP contribution is 2.20. The molecular weight excluding hydrogens is 314 g/mol. The molecule has 0 fully saturated rings. The number of aryl methyl sites for hydroxylation is 1. The average Bonchev–Trinajstić information content (AvgIpc) is 2.59. The van der Waals surface area contributed by atoms with Gasteiger partial charge >= 0.3 is 0 Å². The predicted octanol–water partition coefficient (Wildman–Crippen LogP) is 2.62. The summed E-state index contributed by atoms with van der Waals surface area (Å²) in [4.78, 5) is 12.6. The Morgan fingerprint density at radius 2 is 1.87 bits per heavy atom. The second-order valence-corrected chi connectivity index (χ2v) is 4.60. The summed E-state index contributed by atoms with van der Waals surface area (Å²) in [5.41, 5.74) is 6.12. The lowest BCUT2D eigenvalue weighted by molar-refractivity contribution is 0.0961. The SMILES string of the molecule is Cl.[2H]C([2H])(N)C([2H])(O)C([2H])([2H])Oc1ccccc1C(=O)CCc1ccccc1. The molecule has 0 aromatic heterocycles. The van der Waals surface area contributed by atoms with E-state index in [0.717, 1.165) is 5.56 Å². The third-order valence-corrected chi connectivity index (χ3v) is 3.07. The molecule has 0 heterocycles. The van der Waals surface area contributed by atoms with Crippen molar-refractivity contribution in [2.24, 2.45) is 5.73 Å². The van der Waals surface area contributed by atoms with E-state index in [1.165, 1.54) is 18.2 Å². The van der Waals surface area contributed by atoms with Crippen molar-refractivity contribution in [3.63, 3.8) is 0 Å². The second kappa shape index (κ2) is 10.0. The Morgan fingerprint density at radius 3 is 2.57 bits per heavy atom. The van der Waals surface area contributed by atoms with Crippen molar-refractivity contribution in [3.8, 4) is 5.75 Å². The molecule has 0 radical (unpaired) electrons. The van der Waals surface area contributed by atoms with Gasteiger partial charge in [0.1, 0.15) is 18.4 Å². The van der Waals surface area contributed by atoms with Crippen molar-refractivity contribution in [2.45, 2.75) is 18.9 Å². The third-order valence-electron chi connectivity index (χ3n) is 3.07. The molecule has 0 spiro atoms. The highest BCUT2D eigenvalue weighted by Gasteiger charge is 2.13. The van der Waals surface area contributed by atoms with Crippen LogP contribution in [0, 0.1) is 0 Å². The van der Waals surface area contributed by atoms with Crippen LogP contribution in [0.2, 0.25) is 0 Å². The number of ether oxygens (including phenoxy) is 1. The summed E-state index contributed by atoms with van der Waals surface area (Å²) >= 11 is 0. The average molecular weight is 341 g/mol. The smallest absolute Gasteiger partial charge is 0.166 e. The fraction of sp³-hybridized carbons (Fsp3) is 0.278. The molecule has 0 aliphatic carbocycles. The fourth-order valence-electron chi connectivity index (χ4n) is 1.96. The first-order valence-electron chi connectivity index (χ1n) is 9.32. The van der Waals surface area contributed by atoms with Crippen molar-refractivity contribution < 1.29 is 21.5 Å². The molecule has 23 heavy (non-hydrogen) atoms. The van der Waals surface area contributed by atoms with Gasteiger partial charge in [-0.15, -0.1) is 12.4 Å². The van der Waals surface area contributed by atoms with Crippen LogP contribution >= 0.6 is 12.4 Å². The number of halogens is 1. The van der Waals surface area contributed by atoms with Gasteiger partial charge in [-0.3, -0.25) is 4.79 Å². The first-order valence-corrected chi connectivity index (χ1v) is 6.82. The quantitative estimate of drug-likeness (QED) is 0.724. The number of Topliss-reactive ketones (excluding diaryl/α,β-unsaturated/α-hetero) is 1. The zero-order chi connectivity index (χ0) is 20.3. The molecule has 4 nitrogen and oxygen atoms in total. The molecule has 1 unspecified atom stereocenters. The van der Waals surface area contributed by atoms with E-state index in [0.29, 0.717) is 6.42 Å². The van der Waals surface area contributed by atoms with E-state index in [9.17, 15) is 9.90 Å². The topological polar surface area (TPSA) is 72.6 Å². The number of para-hydroxylation sites is 1. The van der Waals surface area contributed by atoms with Gasteiger partial charge in [-0.05, 0) is 24.1 Å². The zero-order valence-electron chi connectivity index (χ0n) is 17.4. The van der Waals surface area contributed by atoms with E-state index in [2.05, 4.69) is 0 Å². The lowest BCUT2D eigenvalue weighted by atomic mass is 10.0. The van der Waals surface area contributed by atoms with Crippen molar-refractivity contribution in [1.82, 2.24) is 0 Å². The molecule has 0 saturated heterocycles. The van der Waals surface area contributed by atoms with Crippen molar-refractivity contribution in [3.05, 3.63) is 65.7 Å². The van der Waals surface area contributed by atoms with Crippen molar-refractivity contribution >= 4 is 18.2 Å². The van der Waals surface area contributed by atoms with E-state index in [4.69, 9.17) is 17.3 Å². The summed E-state index contributed by atoms with van der Waals surface area (Å²) in [5, 5.41) is 9.90. The Labute approximate surface area is 149 Å². The number of carbonyl (C=O) groups excluding carboxylic acids is 1. The molecule has 5 heteroatoms. The molecule has 0 saturated carbocycles. The molecule has 0 aliphatic rings. The Hall–Kier alpha value is -1.88. The Bertz CT molecular complexity index is 797. The lowest BCUT2D eigenvalue weighted by Crippen LogP contribution is -2.27. The van der Waals surface area contributed by atoms with E-state index in [-0.39, 0.29) is 35.9 Å². The molecule has 0 aliphatic heterocycles. The van der Waals surface area contributed by atoms with Crippen LogP contribution in [0.1, 0.15) is 29.2 Å². The summed E-state index contributed by atoms with van der Waals surface area (Å²) in [6, 6.07) is 15.2. The van der Waals surface area contributed by atoms with Gasteiger partial charge in [-0.2, -0.15) is 0 Å². The minimum Gasteiger partial charge on any atom is -0.490 e. The molecule has 1 atom stereocenters. The summed E-state index contributed by atoms with van der Waals surface area (Å²) < 4.78 is 42.7. The van der Waals surface area contributed by atoms with E-state index in [1.807, 2.05) is 30.3 Å². The summed E-state index contributed by atoms with van der Waals surface area (Å²) in [5.74, 6) is -0.509. The van der Waals surface area contributed by atoms with Gasteiger partial charge < -0.3 is 15.6 Å². The predicted molar refractivity (Wildman–Crippen MR) is 93.3 cm³/mol. The van der Waals surface area contributed by atoms with E-state index in [1.54, 1.807) is 6.07 Å². The standard InChI is InChI=1S/C18H21NO3.ClH/c19-12-15(20)13-22-18-9-5-4-8-16(18)17(21)11-10-14-6-2-1-3-7-14;/h1-9,15,20H,10-13,19H2;1H/i12D2,13D2,15D;. The maximum absolute atomic E-state index is 12.6. The summed E-state index contributed by atoms with van der Waals surface area (Å²) in [7, 11) is 0. The van der Waals surface area contributed by atoms with Gasteiger partial charge in [-0.25, -0.2) is 0 Å². The number of carbonyl (C=O) groups is 1. The molecule has 0 bridgehead atoms. The van der Waals surface area contributed by atoms with Crippen LogP contribution < -0.4 is 10.5 Å². The molecule has 124 valence electrons. The molecule has 2 rings (SSSR count). The Kier molecular flexibility index (Phi) is 5.45. The van der Waals surface area contributed by atoms with Crippen LogP contribution in [0.5, 0.6) is 5.75 Å². The molecular formula is C18H22ClNO3. The van der Waals surface area contributed by atoms with Gasteiger partial charge in [0.15, 0.2) is 5.78 Å². The molecule has 2 aromatic rings. The monoisotopic (exact) mass is 340 g/mol. The lowest BCUT2D eigenvalue weighted by Gasteiger charge is -2.13. The van der Waals surface area contributed by atoms with Crippen molar-refractivity contribution in [2.75, 3.05) is 13.1 Å². The fourth-order valence-corrected chi connectivity index (χ4v) is 1.96. The maximum Gasteiger partial charge on any atom is 0.166 e. The number of ketones is 1. The first-order chi connectivity index (χ1) is 12.5. The number of hydrogen-bond acceptors (Lipinski definition) is 4. The van der Waals surface area contributed by atoms with Gasteiger partial charge in [-0.1, -0.05) is 42.5 Å². The minimum absolute atomic E-state index is 0. The van der Waals surface area contributed by atoms with Gasteiger partial charge in [0.2, 0.25) is 0 Å². The largest absolute Gasteiger partial charge is 0.490 e. The number of nitrogens with two attached hydrogens (primary N) is 1. The van der Waals surface area contributed by atoms with Crippen LogP contribution in [0.15, 0.2) is 54.6 Å². The molecule has 0 amide bonds. The van der Waals surface area contributed by atoms with Crippen LogP contribution in [0.25, 0.3) is 0 Å². The number of rotatable bonds is 8. The van der Waals surface area contributed by atoms with Gasteiger partial charge in [0.25, 0.3) is 0 Å². The second-order valence-electron chi connectivity index (χ2n) is 4.60. The number of aliphatic hydroxyl groups is 1. The highest BCUT2D eigenvalue weighted by atomic mass is 35.5. The molecule has 3 N–H and O–H groups in total. The Morgan fingerprint density at radius 1 is 1.22 bits per heavy atom. The maximum atomic E-state index is 12.6. The van der Waals surface area contributed by atoms with Crippen LogP contribution in [0.4, 0.5) is 0 Å². The summed E-state index contributed by atoms with van der Waals surface area (Å²) in [6.07, 6.45) is -2.77. The van der Waals surface area contributed by atoms with Gasteiger partial charge in [0, 0.05) is 15.7 Å². The van der Waals surface area contributed by atoms with Gasteiger partial charge in [0.05, 0.1) is 9.68 Å². The minimum atomic E-state index is -3.40. The van der Waals surface area contributed by atoms with Crippen molar-refractivity contribution in [1.29, 1.82) is 0 Å². The Balaban J connectivity index is 0.00000392. The zero-order valence-corrected chi connectivity index (χ0v) is 13.2. The highest BCUT2D eigenvalue weighted by molar-refractivity contribution is 5.98. The van der Waals surface area contributed by atoms with Crippen LogP contribution in [-0.2, 0) is 6.42 Å². The first kappa shape index (κ1) is 12.5. The number of hydrogen-bond donors (Lipinski definition) is 2. The molecule has 2 aromatic carbocycles. The van der Waals surface area contributed by atoms with E-state index >= 15 is 0 Å². The van der Waals surface area contributed by atoms with E-state index < -0.39 is 19.1 Å². The normalized spacial score (nSPS) is 17.2. The summed E-state index contributed by atoms with van der Waals surface area (Å²) in [6.45, 7) is -6.30. The van der Waals surface area contributed by atoms with Crippen LogP contribution in [0.3, 0.4) is 0 Å². The number of benzene rings is 2. The van der Waals surface area contributed by atoms with Crippen LogP contribution in [-0.4, -0.2) is 30.0 Å².